The summed E-state index contributed by atoms with van der Waals surface area (Å²) >= 11 is 0. The van der Waals surface area contributed by atoms with Crippen LogP contribution in [0.4, 0.5) is 0 Å². The summed E-state index contributed by atoms with van der Waals surface area (Å²) in [5, 5.41) is 7.77. The minimum atomic E-state index is -0.381. The van der Waals surface area contributed by atoms with Gasteiger partial charge in [0.05, 0.1) is 6.20 Å². The van der Waals surface area contributed by atoms with E-state index in [9.17, 15) is 9.59 Å². The molecular weight excluding hydrogens is 366 g/mol. The number of nitrogens with zero attached hydrogens (tertiary/aromatic N) is 4. The van der Waals surface area contributed by atoms with E-state index in [1.165, 1.54) is 0 Å². The van der Waals surface area contributed by atoms with Crippen molar-refractivity contribution in [2.45, 2.75) is 32.2 Å². The summed E-state index contributed by atoms with van der Waals surface area (Å²) in [5.41, 5.74) is 3.16. The minimum Gasteiger partial charge on any atom is -0.342 e. The molecule has 0 radical (unpaired) electrons. The number of carbonyl (C=O) groups is 2. The standard InChI is InChI=1S/C22H25N5O2/c1-3-4-8-19-22(29)26(2)9-10-27(19)21(28)16-7-5-6-15(11-16)17-12-18-14-24-25-20(18)23-13-17/h5-7,11-14,19H,3-4,8-10H2,1-2H3,(H,23,24,25). The van der Waals surface area contributed by atoms with Gasteiger partial charge < -0.3 is 9.80 Å². The quantitative estimate of drug-likeness (QED) is 0.725. The Balaban J connectivity index is 1.62. The van der Waals surface area contributed by atoms with Crippen molar-refractivity contribution in [3.05, 3.63) is 48.3 Å². The number of fused-ring (bicyclic) bond motifs is 1. The number of likely N-dealkylation sites (N-methyl/N-ethyl adjacent to an activating group) is 1. The number of benzene rings is 1. The zero-order valence-corrected chi connectivity index (χ0v) is 16.8. The highest BCUT2D eigenvalue weighted by atomic mass is 16.2. The molecule has 29 heavy (non-hydrogen) atoms. The number of aromatic amines is 1. The molecule has 0 bridgehead atoms. The molecule has 0 spiro atoms. The van der Waals surface area contributed by atoms with E-state index in [0.29, 0.717) is 25.1 Å². The number of H-pyrrole nitrogens is 1. The summed E-state index contributed by atoms with van der Waals surface area (Å²) in [6.45, 7) is 3.22. The normalized spacial score (nSPS) is 17.2. The van der Waals surface area contributed by atoms with Crippen molar-refractivity contribution in [3.8, 4) is 11.1 Å². The lowest BCUT2D eigenvalue weighted by Gasteiger charge is -2.39. The first-order chi connectivity index (χ1) is 14.1. The average Bonchev–Trinajstić information content (AvgIpc) is 3.22. The Bertz CT molecular complexity index is 1040. The maximum atomic E-state index is 13.3. The number of unbranched alkanes of at least 4 members (excludes halogenated alkanes) is 1. The first kappa shape index (κ1) is 19.1. The summed E-state index contributed by atoms with van der Waals surface area (Å²) in [6.07, 6.45) is 6.12. The van der Waals surface area contributed by atoms with Crippen LogP contribution in [0.1, 0.15) is 36.5 Å². The largest absolute Gasteiger partial charge is 0.342 e. The Morgan fingerprint density at radius 2 is 2.07 bits per heavy atom. The van der Waals surface area contributed by atoms with Crippen LogP contribution in [0.5, 0.6) is 0 Å². The number of piperazine rings is 1. The van der Waals surface area contributed by atoms with Gasteiger partial charge in [0.25, 0.3) is 5.91 Å². The summed E-state index contributed by atoms with van der Waals surface area (Å²) < 4.78 is 0. The number of hydrogen-bond donors (Lipinski definition) is 1. The summed E-state index contributed by atoms with van der Waals surface area (Å²) in [7, 11) is 1.81. The van der Waals surface area contributed by atoms with Crippen LogP contribution in [-0.4, -0.2) is 63.0 Å². The number of hydrogen-bond acceptors (Lipinski definition) is 4. The van der Waals surface area contributed by atoms with Gasteiger partial charge in [-0.15, -0.1) is 0 Å². The number of aromatic nitrogens is 3. The number of amides is 2. The fraction of sp³-hybridized carbons (Fsp3) is 0.364. The summed E-state index contributed by atoms with van der Waals surface area (Å²) in [4.78, 5) is 33.8. The third kappa shape index (κ3) is 3.72. The number of pyridine rings is 1. The smallest absolute Gasteiger partial charge is 0.254 e. The summed E-state index contributed by atoms with van der Waals surface area (Å²) in [5.74, 6) is -0.0597. The summed E-state index contributed by atoms with van der Waals surface area (Å²) in [6, 6.07) is 9.15. The van der Waals surface area contributed by atoms with Crippen LogP contribution in [0.2, 0.25) is 0 Å². The van der Waals surface area contributed by atoms with Crippen LogP contribution in [0.25, 0.3) is 22.2 Å². The van der Waals surface area contributed by atoms with E-state index in [4.69, 9.17) is 0 Å². The van der Waals surface area contributed by atoms with Crippen molar-refractivity contribution in [1.29, 1.82) is 0 Å². The van der Waals surface area contributed by atoms with Gasteiger partial charge in [-0.2, -0.15) is 5.10 Å². The highest BCUT2D eigenvalue weighted by molar-refractivity contribution is 5.99. The van der Waals surface area contributed by atoms with Gasteiger partial charge in [-0.3, -0.25) is 14.7 Å². The van der Waals surface area contributed by atoms with Gasteiger partial charge in [0.2, 0.25) is 5.91 Å². The van der Waals surface area contributed by atoms with E-state index in [-0.39, 0.29) is 17.9 Å². The van der Waals surface area contributed by atoms with Gasteiger partial charge in [0.1, 0.15) is 6.04 Å². The first-order valence-corrected chi connectivity index (χ1v) is 10.0. The van der Waals surface area contributed by atoms with E-state index >= 15 is 0 Å². The molecular formula is C22H25N5O2. The van der Waals surface area contributed by atoms with Crippen LogP contribution < -0.4 is 0 Å². The Morgan fingerprint density at radius 3 is 2.90 bits per heavy atom. The topological polar surface area (TPSA) is 82.2 Å². The Hall–Kier alpha value is -3.22. The van der Waals surface area contributed by atoms with Gasteiger partial charge in [-0.05, 0) is 30.2 Å². The lowest BCUT2D eigenvalue weighted by atomic mass is 10.0. The number of rotatable bonds is 5. The van der Waals surface area contributed by atoms with Gasteiger partial charge in [0.15, 0.2) is 5.65 Å². The Kier molecular flexibility index (Phi) is 5.29. The molecule has 1 aromatic carbocycles. The highest BCUT2D eigenvalue weighted by Gasteiger charge is 2.35. The molecule has 4 rings (SSSR count). The van der Waals surface area contributed by atoms with Crippen LogP contribution >= 0.6 is 0 Å². The highest BCUT2D eigenvalue weighted by Crippen LogP contribution is 2.25. The SMILES string of the molecule is CCCCC1C(=O)N(C)CCN1C(=O)c1cccc(-c2cnc3[nH]ncc3c2)c1. The van der Waals surface area contributed by atoms with Crippen LogP contribution in [0, 0.1) is 0 Å². The van der Waals surface area contributed by atoms with E-state index < -0.39 is 0 Å². The second-order valence-corrected chi connectivity index (χ2v) is 7.53. The maximum Gasteiger partial charge on any atom is 0.254 e. The van der Waals surface area contributed by atoms with Crippen LogP contribution in [0.3, 0.4) is 0 Å². The number of nitrogens with one attached hydrogen (secondary N) is 1. The van der Waals surface area contributed by atoms with Gasteiger partial charge >= 0.3 is 0 Å². The van der Waals surface area contributed by atoms with E-state index in [1.54, 1.807) is 22.2 Å². The molecule has 150 valence electrons. The van der Waals surface area contributed by atoms with Gasteiger partial charge in [-0.1, -0.05) is 31.9 Å². The lowest BCUT2D eigenvalue weighted by molar-refractivity contribution is -0.138. The molecule has 0 saturated carbocycles. The van der Waals surface area contributed by atoms with E-state index in [1.807, 2.05) is 37.4 Å². The first-order valence-electron chi connectivity index (χ1n) is 10.0. The number of carbonyl (C=O) groups excluding carboxylic acids is 2. The maximum absolute atomic E-state index is 13.3. The molecule has 2 aromatic heterocycles. The molecule has 1 fully saturated rings. The monoisotopic (exact) mass is 391 g/mol. The molecule has 1 atom stereocenters. The van der Waals surface area contributed by atoms with Crippen molar-refractivity contribution in [2.75, 3.05) is 20.1 Å². The molecule has 1 N–H and O–H groups in total. The molecule has 3 aromatic rings. The second-order valence-electron chi connectivity index (χ2n) is 7.53. The zero-order valence-electron chi connectivity index (χ0n) is 16.8. The molecule has 0 aliphatic carbocycles. The van der Waals surface area contributed by atoms with Crippen molar-refractivity contribution >= 4 is 22.8 Å². The van der Waals surface area contributed by atoms with Crippen molar-refractivity contribution in [1.82, 2.24) is 25.0 Å². The van der Waals surface area contributed by atoms with Crippen molar-refractivity contribution in [2.24, 2.45) is 0 Å². The van der Waals surface area contributed by atoms with Gasteiger partial charge in [-0.25, -0.2) is 4.98 Å². The van der Waals surface area contributed by atoms with Crippen LogP contribution in [0.15, 0.2) is 42.7 Å². The van der Waals surface area contributed by atoms with Crippen LogP contribution in [-0.2, 0) is 4.79 Å². The minimum absolute atomic E-state index is 0.0313. The third-order valence-electron chi connectivity index (χ3n) is 5.54. The molecule has 1 aliphatic rings. The fourth-order valence-corrected chi connectivity index (χ4v) is 3.82. The molecule has 1 aliphatic heterocycles. The molecule has 3 heterocycles. The Morgan fingerprint density at radius 1 is 1.21 bits per heavy atom. The fourth-order valence-electron chi connectivity index (χ4n) is 3.82. The zero-order chi connectivity index (χ0) is 20.4. The third-order valence-corrected chi connectivity index (χ3v) is 5.54. The van der Waals surface area contributed by atoms with E-state index in [0.717, 1.165) is 35.0 Å². The van der Waals surface area contributed by atoms with Crippen molar-refractivity contribution in [3.63, 3.8) is 0 Å². The predicted octanol–water partition coefficient (Wildman–Crippen LogP) is 3.10. The second kappa shape index (κ2) is 8.03. The Labute approximate surface area is 169 Å². The van der Waals surface area contributed by atoms with E-state index in [2.05, 4.69) is 22.1 Å². The molecule has 7 heteroatoms. The molecule has 1 saturated heterocycles. The molecule has 7 nitrogen and oxygen atoms in total. The molecule has 2 amide bonds. The lowest BCUT2D eigenvalue weighted by Crippen LogP contribution is -2.57. The predicted molar refractivity (Wildman–Crippen MR) is 111 cm³/mol. The average molecular weight is 391 g/mol. The molecule has 1 unspecified atom stereocenters. The van der Waals surface area contributed by atoms with Gasteiger partial charge in [0, 0.05) is 42.8 Å². The van der Waals surface area contributed by atoms with Crippen molar-refractivity contribution < 1.29 is 9.59 Å².